The van der Waals surface area contributed by atoms with E-state index < -0.39 is 22.6 Å². The smallest absolute Gasteiger partial charge is 0.278 e. The number of amides is 1. The van der Waals surface area contributed by atoms with Gasteiger partial charge in [0.15, 0.2) is 22.7 Å². The highest BCUT2D eigenvalue weighted by Crippen LogP contribution is 2.22. The SMILES string of the molecule is Nc1nc2c(c(=O)[nH]1)NC(=O)C(=Cc1nc3nc(N)[nH]c(=O)c3[nH]c1=O)N2. The largest absolute Gasteiger partial charge is 0.369 e. The van der Waals surface area contributed by atoms with E-state index >= 15 is 0 Å². The maximum absolute atomic E-state index is 12.2. The fraction of sp³-hybridized carbons (Fsp3) is 0. The van der Waals surface area contributed by atoms with E-state index in [9.17, 15) is 19.2 Å². The van der Waals surface area contributed by atoms with Crippen LogP contribution in [-0.2, 0) is 4.79 Å². The molecule has 0 radical (unpaired) electrons. The molecule has 0 saturated carbocycles. The molecule has 0 fully saturated rings. The van der Waals surface area contributed by atoms with Gasteiger partial charge in [-0.2, -0.15) is 9.97 Å². The van der Waals surface area contributed by atoms with Gasteiger partial charge in [-0.25, -0.2) is 4.98 Å². The summed E-state index contributed by atoms with van der Waals surface area (Å²) in [5, 5.41) is 4.95. The zero-order valence-corrected chi connectivity index (χ0v) is 13.2. The molecule has 1 amide bonds. The molecular weight excluding hydrogens is 360 g/mol. The highest BCUT2D eigenvalue weighted by molar-refractivity contribution is 6.12. The third-order valence-corrected chi connectivity index (χ3v) is 3.57. The van der Waals surface area contributed by atoms with Gasteiger partial charge >= 0.3 is 0 Å². The van der Waals surface area contributed by atoms with Crippen molar-refractivity contribution in [1.29, 1.82) is 0 Å². The first-order valence-electron chi connectivity index (χ1n) is 7.31. The number of hydrogen-bond acceptors (Lipinski definition) is 10. The molecule has 27 heavy (non-hydrogen) atoms. The van der Waals surface area contributed by atoms with Crippen LogP contribution in [0, 0.1) is 0 Å². The van der Waals surface area contributed by atoms with Crippen LogP contribution in [0.3, 0.4) is 0 Å². The molecule has 14 heteroatoms. The zero-order chi connectivity index (χ0) is 19.3. The molecule has 4 heterocycles. The monoisotopic (exact) mass is 370 g/mol. The highest BCUT2D eigenvalue weighted by Gasteiger charge is 2.24. The van der Waals surface area contributed by atoms with Gasteiger partial charge in [0.05, 0.1) is 0 Å². The van der Waals surface area contributed by atoms with Crippen LogP contribution < -0.4 is 38.8 Å². The number of H-pyrrole nitrogens is 3. The van der Waals surface area contributed by atoms with Gasteiger partial charge in [0.1, 0.15) is 11.4 Å². The van der Waals surface area contributed by atoms with Crippen LogP contribution in [0.2, 0.25) is 0 Å². The summed E-state index contributed by atoms with van der Waals surface area (Å²) >= 11 is 0. The minimum absolute atomic E-state index is 0.00173. The average Bonchev–Trinajstić information content (AvgIpc) is 2.58. The Bertz CT molecular complexity index is 1330. The molecule has 0 unspecified atom stereocenters. The molecule has 0 aromatic carbocycles. The van der Waals surface area contributed by atoms with Crippen LogP contribution >= 0.6 is 0 Å². The van der Waals surface area contributed by atoms with Crippen LogP contribution in [0.4, 0.5) is 23.4 Å². The summed E-state index contributed by atoms with van der Waals surface area (Å²) in [6.45, 7) is 0. The molecule has 1 aliphatic heterocycles. The number of nitrogens with two attached hydrogens (primary N) is 2. The Labute approximate surface area is 146 Å². The fourth-order valence-corrected chi connectivity index (χ4v) is 2.41. The van der Waals surface area contributed by atoms with Crippen LogP contribution in [0.5, 0.6) is 0 Å². The van der Waals surface area contributed by atoms with Gasteiger partial charge in [-0.1, -0.05) is 0 Å². The molecule has 0 bridgehead atoms. The van der Waals surface area contributed by atoms with Crippen molar-refractivity contribution in [2.24, 2.45) is 0 Å². The number of rotatable bonds is 1. The lowest BCUT2D eigenvalue weighted by molar-refractivity contribution is -0.112. The second-order valence-corrected chi connectivity index (χ2v) is 5.41. The summed E-state index contributed by atoms with van der Waals surface area (Å²) < 4.78 is 0. The molecule has 3 aromatic rings. The van der Waals surface area contributed by atoms with Gasteiger partial charge < -0.3 is 27.1 Å². The Kier molecular flexibility index (Phi) is 3.27. The van der Waals surface area contributed by atoms with Crippen LogP contribution in [0.25, 0.3) is 17.2 Å². The number of aromatic amines is 3. The Hall–Kier alpha value is -4.49. The maximum Gasteiger partial charge on any atom is 0.278 e. The molecule has 14 nitrogen and oxygen atoms in total. The predicted molar refractivity (Wildman–Crippen MR) is 94.7 cm³/mol. The van der Waals surface area contributed by atoms with Crippen molar-refractivity contribution < 1.29 is 4.79 Å². The minimum atomic E-state index is -0.745. The van der Waals surface area contributed by atoms with Gasteiger partial charge in [0, 0.05) is 0 Å². The topological polar surface area (TPSA) is 230 Å². The number of nitrogens with zero attached hydrogens (tertiary/aromatic N) is 3. The van der Waals surface area contributed by atoms with Gasteiger partial charge in [-0.3, -0.25) is 29.1 Å². The highest BCUT2D eigenvalue weighted by atomic mass is 16.2. The number of hydrogen-bond donors (Lipinski definition) is 7. The number of nitrogens with one attached hydrogen (secondary N) is 5. The second kappa shape index (κ2) is 5.51. The number of nitrogen functional groups attached to an aromatic ring is 2. The lowest BCUT2D eigenvalue weighted by atomic mass is 10.2. The van der Waals surface area contributed by atoms with E-state index in [4.69, 9.17) is 11.5 Å². The molecular formula is C13H10N10O4. The maximum atomic E-state index is 12.2. The zero-order valence-electron chi connectivity index (χ0n) is 13.2. The van der Waals surface area contributed by atoms with Gasteiger partial charge in [-0.05, 0) is 6.08 Å². The van der Waals surface area contributed by atoms with E-state index in [-0.39, 0.29) is 46.0 Å². The first-order chi connectivity index (χ1) is 12.8. The number of anilines is 4. The van der Waals surface area contributed by atoms with Crippen molar-refractivity contribution >= 4 is 46.5 Å². The Morgan fingerprint density at radius 1 is 0.778 bits per heavy atom. The van der Waals surface area contributed by atoms with E-state index in [1.165, 1.54) is 0 Å². The first-order valence-corrected chi connectivity index (χ1v) is 7.31. The van der Waals surface area contributed by atoms with Crippen molar-refractivity contribution in [3.05, 3.63) is 42.5 Å². The predicted octanol–water partition coefficient (Wildman–Crippen LogP) is -2.34. The summed E-state index contributed by atoms with van der Waals surface area (Å²) in [6.07, 6.45) is 1.11. The van der Waals surface area contributed by atoms with Crippen LogP contribution in [0.15, 0.2) is 20.1 Å². The standard InChI is InChI=1S/C13H10N10O4/c14-12-20-6-4(10(26)22-12)18-8(24)2(16-6)1-3-9(25)19-5-7(17-3)21-13(15)23-11(5)27/h1H,(H,18,24)(H,19,25)(H3,14,16,20,22,26)(H4,15,17,21,23,27). The quantitative estimate of drug-likeness (QED) is 0.225. The molecule has 0 saturated heterocycles. The summed E-state index contributed by atoms with van der Waals surface area (Å²) in [5.74, 6) is -1.06. The Morgan fingerprint density at radius 2 is 1.48 bits per heavy atom. The van der Waals surface area contributed by atoms with Crippen molar-refractivity contribution in [1.82, 2.24) is 29.9 Å². The third-order valence-electron chi connectivity index (χ3n) is 3.57. The molecule has 4 rings (SSSR count). The molecule has 3 aromatic heterocycles. The molecule has 136 valence electrons. The number of carbonyl (C=O) groups excluding carboxylic acids is 1. The van der Waals surface area contributed by atoms with Crippen molar-refractivity contribution in [3.63, 3.8) is 0 Å². The summed E-state index contributed by atoms with van der Waals surface area (Å²) in [4.78, 5) is 66.4. The van der Waals surface area contributed by atoms with Crippen LogP contribution in [-0.4, -0.2) is 35.8 Å². The summed E-state index contributed by atoms with van der Waals surface area (Å²) in [7, 11) is 0. The molecule has 0 aliphatic carbocycles. The Balaban J connectivity index is 1.85. The molecule has 1 aliphatic rings. The molecule has 0 atom stereocenters. The van der Waals surface area contributed by atoms with Gasteiger partial charge in [-0.15, -0.1) is 0 Å². The average molecular weight is 370 g/mol. The number of fused-ring (bicyclic) bond motifs is 2. The summed E-state index contributed by atoms with van der Waals surface area (Å²) in [5.41, 5.74) is 8.13. The van der Waals surface area contributed by atoms with Crippen molar-refractivity contribution in [2.75, 3.05) is 22.1 Å². The van der Waals surface area contributed by atoms with E-state index in [0.29, 0.717) is 0 Å². The van der Waals surface area contributed by atoms with E-state index in [1.54, 1.807) is 0 Å². The Morgan fingerprint density at radius 3 is 2.26 bits per heavy atom. The normalized spacial score (nSPS) is 14.7. The van der Waals surface area contributed by atoms with E-state index in [0.717, 1.165) is 6.08 Å². The lowest BCUT2D eigenvalue weighted by Crippen LogP contribution is -2.32. The number of aromatic nitrogens is 6. The van der Waals surface area contributed by atoms with Crippen molar-refractivity contribution in [3.8, 4) is 0 Å². The summed E-state index contributed by atoms with van der Waals surface area (Å²) in [6, 6.07) is 0. The van der Waals surface area contributed by atoms with Gasteiger partial charge in [0.25, 0.3) is 22.6 Å². The fourth-order valence-electron chi connectivity index (χ4n) is 2.41. The molecule has 9 N–H and O–H groups in total. The van der Waals surface area contributed by atoms with Crippen molar-refractivity contribution in [2.45, 2.75) is 0 Å². The first kappa shape index (κ1) is 16.0. The molecule has 0 spiro atoms. The lowest BCUT2D eigenvalue weighted by Gasteiger charge is -2.19. The van der Waals surface area contributed by atoms with E-state index in [1.807, 2.05) is 0 Å². The number of carbonyl (C=O) groups is 1. The minimum Gasteiger partial charge on any atom is -0.369 e. The second-order valence-electron chi connectivity index (χ2n) is 5.41. The van der Waals surface area contributed by atoms with Gasteiger partial charge in [0.2, 0.25) is 11.9 Å². The third kappa shape index (κ3) is 2.66. The van der Waals surface area contributed by atoms with E-state index in [2.05, 4.69) is 40.5 Å². The van der Waals surface area contributed by atoms with Crippen LogP contribution in [0.1, 0.15) is 5.69 Å².